The van der Waals surface area contributed by atoms with E-state index in [1.807, 2.05) is 5.38 Å². The molecule has 0 radical (unpaired) electrons. The van der Waals surface area contributed by atoms with Crippen molar-refractivity contribution in [1.29, 1.82) is 0 Å². The lowest BCUT2D eigenvalue weighted by atomic mass is 10.8. The minimum Gasteiger partial charge on any atom is -0.294 e. The number of imidazole rings is 1. The molecule has 0 unspecified atom stereocenters. The van der Waals surface area contributed by atoms with Crippen molar-refractivity contribution in [1.82, 2.24) is 9.38 Å². The van der Waals surface area contributed by atoms with Crippen LogP contribution in [-0.2, 0) is 0 Å². The van der Waals surface area contributed by atoms with Gasteiger partial charge in [0.1, 0.15) is 6.33 Å². The summed E-state index contributed by atoms with van der Waals surface area (Å²) in [6.45, 7) is 0. The zero-order valence-corrected chi connectivity index (χ0v) is 5.23. The number of aromatic nitrogens is 2. The van der Waals surface area contributed by atoms with Crippen LogP contribution in [-0.4, -0.2) is 9.38 Å². The third-order valence-electron chi connectivity index (χ3n) is 1.11. The zero-order chi connectivity index (χ0) is 6.27. The molecule has 2 nitrogen and oxygen atoms in total. The normalized spacial score (nSPS) is 10.8. The van der Waals surface area contributed by atoms with E-state index < -0.39 is 0 Å². The maximum atomic E-state index is 12.5. The lowest BCUT2D eigenvalue weighted by Gasteiger charge is -1.73. The van der Waals surface area contributed by atoms with Crippen molar-refractivity contribution in [3.63, 3.8) is 0 Å². The van der Waals surface area contributed by atoms with Crippen LogP contribution in [0.5, 0.6) is 0 Å². The van der Waals surface area contributed by atoms with Gasteiger partial charge in [0.25, 0.3) is 0 Å². The molecule has 0 saturated carbocycles. The van der Waals surface area contributed by atoms with Crippen LogP contribution in [0.3, 0.4) is 0 Å². The fourth-order valence-electron chi connectivity index (χ4n) is 0.703. The summed E-state index contributed by atoms with van der Waals surface area (Å²) in [5.74, 6) is -0.384. The van der Waals surface area contributed by atoms with Crippen molar-refractivity contribution >= 4 is 16.2 Å². The van der Waals surface area contributed by atoms with Crippen molar-refractivity contribution in [2.45, 2.75) is 0 Å². The Bertz CT molecular complexity index is 324. The van der Waals surface area contributed by atoms with E-state index in [1.54, 1.807) is 10.6 Å². The first kappa shape index (κ1) is 4.93. The summed E-state index contributed by atoms with van der Waals surface area (Å²) in [5.41, 5.74) is 0. The molecule has 46 valence electrons. The maximum absolute atomic E-state index is 12.5. The summed E-state index contributed by atoms with van der Waals surface area (Å²) in [6.07, 6.45) is 3.23. The zero-order valence-electron chi connectivity index (χ0n) is 4.41. The number of fused-ring (bicyclic) bond motifs is 1. The van der Waals surface area contributed by atoms with Crippen LogP contribution in [0.2, 0.25) is 0 Å². The number of thiazole rings is 1. The number of hydrogen-bond donors (Lipinski definition) is 0. The Hall–Kier alpha value is -0.900. The van der Waals surface area contributed by atoms with E-state index in [1.165, 1.54) is 17.7 Å². The highest BCUT2D eigenvalue weighted by atomic mass is 32.1. The summed E-state index contributed by atoms with van der Waals surface area (Å²) < 4.78 is 14.1. The summed E-state index contributed by atoms with van der Waals surface area (Å²) in [5, 5.41) is 1.82. The van der Waals surface area contributed by atoms with Crippen LogP contribution in [0.25, 0.3) is 4.83 Å². The van der Waals surface area contributed by atoms with E-state index >= 15 is 0 Å². The fraction of sp³-hybridized carbons (Fsp3) is 0. The summed E-state index contributed by atoms with van der Waals surface area (Å²) in [6, 6.07) is 0. The third kappa shape index (κ3) is 0.564. The first-order chi connectivity index (χ1) is 4.38. The number of rotatable bonds is 0. The summed E-state index contributed by atoms with van der Waals surface area (Å²) in [7, 11) is 0. The first-order valence-electron chi connectivity index (χ1n) is 2.43. The fourth-order valence-corrected chi connectivity index (χ4v) is 1.40. The van der Waals surface area contributed by atoms with Gasteiger partial charge in [0.2, 0.25) is 5.95 Å². The van der Waals surface area contributed by atoms with Crippen molar-refractivity contribution in [2.24, 2.45) is 0 Å². The third-order valence-corrected chi connectivity index (χ3v) is 1.97. The van der Waals surface area contributed by atoms with Crippen LogP contribution in [0.1, 0.15) is 0 Å². The Balaban J connectivity index is 2.99. The second kappa shape index (κ2) is 1.54. The van der Waals surface area contributed by atoms with E-state index in [0.29, 0.717) is 4.83 Å². The summed E-state index contributed by atoms with van der Waals surface area (Å²) >= 11 is 1.35. The lowest BCUT2D eigenvalue weighted by molar-refractivity contribution is 0.603. The van der Waals surface area contributed by atoms with E-state index in [4.69, 9.17) is 0 Å². The molecule has 0 aromatic carbocycles. The van der Waals surface area contributed by atoms with Gasteiger partial charge in [-0.1, -0.05) is 0 Å². The van der Waals surface area contributed by atoms with Crippen molar-refractivity contribution in [3.05, 3.63) is 23.9 Å². The lowest BCUT2D eigenvalue weighted by Crippen LogP contribution is -1.67. The number of hydrogen-bond acceptors (Lipinski definition) is 2. The van der Waals surface area contributed by atoms with Crippen LogP contribution in [0, 0.1) is 5.95 Å². The van der Waals surface area contributed by atoms with E-state index in [9.17, 15) is 4.39 Å². The molecular weight excluding hydrogens is 139 g/mol. The highest BCUT2D eigenvalue weighted by molar-refractivity contribution is 7.15. The highest BCUT2D eigenvalue weighted by Crippen LogP contribution is 2.13. The topological polar surface area (TPSA) is 17.3 Å². The van der Waals surface area contributed by atoms with Crippen LogP contribution in [0.4, 0.5) is 4.39 Å². The second-order valence-electron chi connectivity index (χ2n) is 1.65. The van der Waals surface area contributed by atoms with Crippen molar-refractivity contribution in [3.8, 4) is 0 Å². The summed E-state index contributed by atoms with van der Waals surface area (Å²) in [4.78, 5) is 4.04. The van der Waals surface area contributed by atoms with E-state index in [-0.39, 0.29) is 5.95 Å². The molecular formula is C5H3FN2S. The highest BCUT2D eigenvalue weighted by Gasteiger charge is 2.01. The van der Waals surface area contributed by atoms with Gasteiger partial charge in [-0.05, 0) is 0 Å². The standard InChI is InChI=1S/C5H3FN2S/c6-4-5-8(3-7-4)1-2-9-5/h1-3H. The molecule has 0 amide bonds. The van der Waals surface area contributed by atoms with E-state index in [2.05, 4.69) is 4.98 Å². The van der Waals surface area contributed by atoms with Gasteiger partial charge in [0.15, 0.2) is 4.83 Å². The predicted molar refractivity (Wildman–Crippen MR) is 33.0 cm³/mol. The molecule has 0 spiro atoms. The smallest absolute Gasteiger partial charge is 0.249 e. The van der Waals surface area contributed by atoms with Crippen LogP contribution in [0.15, 0.2) is 17.9 Å². The van der Waals surface area contributed by atoms with E-state index in [0.717, 1.165) is 0 Å². The Morgan fingerprint density at radius 3 is 3.33 bits per heavy atom. The van der Waals surface area contributed by atoms with Gasteiger partial charge >= 0.3 is 0 Å². The monoisotopic (exact) mass is 142 g/mol. The largest absolute Gasteiger partial charge is 0.294 e. The molecule has 2 rings (SSSR count). The maximum Gasteiger partial charge on any atom is 0.249 e. The van der Waals surface area contributed by atoms with Crippen LogP contribution < -0.4 is 0 Å². The molecule has 0 aliphatic rings. The molecule has 2 aromatic heterocycles. The van der Waals surface area contributed by atoms with Gasteiger partial charge in [-0.2, -0.15) is 4.39 Å². The molecule has 0 saturated heterocycles. The number of nitrogens with zero attached hydrogens (tertiary/aromatic N) is 2. The average molecular weight is 142 g/mol. The van der Waals surface area contributed by atoms with Gasteiger partial charge < -0.3 is 0 Å². The molecule has 0 N–H and O–H groups in total. The van der Waals surface area contributed by atoms with Gasteiger partial charge in [-0.15, -0.1) is 11.3 Å². The SMILES string of the molecule is Fc1ncn2ccsc12. The average Bonchev–Trinajstić information content (AvgIpc) is 2.35. The van der Waals surface area contributed by atoms with Gasteiger partial charge in [-0.3, -0.25) is 4.40 Å². The molecule has 4 heteroatoms. The Kier molecular flexibility index (Phi) is 0.843. The quantitative estimate of drug-likeness (QED) is 0.545. The molecule has 0 fully saturated rings. The molecule has 0 atom stereocenters. The first-order valence-corrected chi connectivity index (χ1v) is 3.31. The Morgan fingerprint density at radius 2 is 2.56 bits per heavy atom. The Labute approximate surface area is 54.6 Å². The molecule has 0 bridgehead atoms. The van der Waals surface area contributed by atoms with Crippen molar-refractivity contribution < 1.29 is 4.39 Å². The molecule has 9 heavy (non-hydrogen) atoms. The Morgan fingerprint density at radius 1 is 1.67 bits per heavy atom. The van der Waals surface area contributed by atoms with Crippen molar-refractivity contribution in [2.75, 3.05) is 0 Å². The minimum atomic E-state index is -0.384. The predicted octanol–water partition coefficient (Wildman–Crippen LogP) is 1.53. The van der Waals surface area contributed by atoms with Gasteiger partial charge in [-0.25, -0.2) is 4.98 Å². The molecule has 2 heterocycles. The van der Waals surface area contributed by atoms with Gasteiger partial charge in [0.05, 0.1) is 0 Å². The molecule has 2 aromatic rings. The second-order valence-corrected chi connectivity index (χ2v) is 2.55. The van der Waals surface area contributed by atoms with Crippen LogP contribution >= 0.6 is 11.3 Å². The number of halogens is 1. The molecule has 0 aliphatic carbocycles. The molecule has 0 aliphatic heterocycles. The van der Waals surface area contributed by atoms with Gasteiger partial charge in [0, 0.05) is 11.6 Å². The minimum absolute atomic E-state index is 0.384.